The van der Waals surface area contributed by atoms with Crippen molar-refractivity contribution in [3.63, 3.8) is 0 Å². The lowest BCUT2D eigenvalue weighted by Crippen LogP contribution is -2.56. The molecule has 6 heteroatoms. The van der Waals surface area contributed by atoms with Crippen LogP contribution in [0.1, 0.15) is 55.3 Å². The maximum atomic E-state index is 12.5. The molecule has 4 atom stereocenters. The van der Waals surface area contributed by atoms with Crippen LogP contribution >= 0.6 is 0 Å². The molecule has 5 aliphatic rings. The molecule has 0 aromatic heterocycles. The van der Waals surface area contributed by atoms with E-state index in [1.807, 2.05) is 0 Å². The Hall–Kier alpha value is -2.08. The van der Waals surface area contributed by atoms with Crippen molar-refractivity contribution in [3.05, 3.63) is 23.8 Å². The molecule has 4 aliphatic carbocycles. The average Bonchev–Trinajstić information content (AvgIpc) is 2.63. The number of ether oxygens (including phenoxy) is 3. The average molecular weight is 386 g/mol. The van der Waals surface area contributed by atoms with Gasteiger partial charge in [0, 0.05) is 5.56 Å². The summed E-state index contributed by atoms with van der Waals surface area (Å²) < 4.78 is 16.3. The molecule has 4 fully saturated rings. The second kappa shape index (κ2) is 6.48. The highest BCUT2D eigenvalue weighted by Crippen LogP contribution is 2.62. The fourth-order valence-electron chi connectivity index (χ4n) is 6.41. The molecule has 0 radical (unpaired) electrons. The van der Waals surface area contributed by atoms with Crippen LogP contribution in [0, 0.1) is 17.3 Å². The number of aliphatic hydroxyl groups is 1. The largest absolute Gasteiger partial charge is 0.486 e. The van der Waals surface area contributed by atoms with E-state index >= 15 is 0 Å². The van der Waals surface area contributed by atoms with Crippen LogP contribution in [0.2, 0.25) is 0 Å². The molecule has 28 heavy (non-hydrogen) atoms. The Balaban J connectivity index is 1.19. The van der Waals surface area contributed by atoms with Crippen LogP contribution in [-0.4, -0.2) is 42.3 Å². The normalized spacial score (nSPS) is 34.9. The Labute approximate surface area is 164 Å². The zero-order valence-corrected chi connectivity index (χ0v) is 15.9. The van der Waals surface area contributed by atoms with Gasteiger partial charge in [-0.25, -0.2) is 0 Å². The van der Waals surface area contributed by atoms with E-state index < -0.39 is 5.60 Å². The summed E-state index contributed by atoms with van der Waals surface area (Å²) in [6, 6.07) is 5.01. The number of fused-ring (bicyclic) bond motifs is 1. The lowest BCUT2D eigenvalue weighted by atomic mass is 9.47. The number of Topliss-reactive ketones (excluding diaryl/α,β-unsaturated/α-hetero) is 1. The molecule has 4 bridgehead atoms. The molecule has 0 saturated heterocycles. The first-order valence-corrected chi connectivity index (χ1v) is 10.2. The molecule has 150 valence electrons. The molecule has 0 spiro atoms. The summed E-state index contributed by atoms with van der Waals surface area (Å²) in [6.07, 6.45) is 5.93. The highest BCUT2D eigenvalue weighted by atomic mass is 16.6. The summed E-state index contributed by atoms with van der Waals surface area (Å²) in [7, 11) is 0. The van der Waals surface area contributed by atoms with Gasteiger partial charge in [0.1, 0.15) is 13.2 Å². The predicted molar refractivity (Wildman–Crippen MR) is 99.4 cm³/mol. The fourth-order valence-corrected chi connectivity index (χ4v) is 6.41. The van der Waals surface area contributed by atoms with E-state index in [0.717, 1.165) is 25.7 Å². The van der Waals surface area contributed by atoms with Crippen LogP contribution in [0.15, 0.2) is 18.2 Å². The molecule has 4 saturated carbocycles. The Morgan fingerprint density at radius 1 is 1.07 bits per heavy atom. The van der Waals surface area contributed by atoms with E-state index in [9.17, 15) is 14.7 Å². The molecule has 1 N–H and O–H groups in total. The number of hydrogen-bond acceptors (Lipinski definition) is 6. The standard InChI is InChI=1S/C22H26O6/c23-17(16-1-2-18-19(6-16)27-4-3-26-18)12-28-20(24)11-21-7-14-5-15(8-21)10-22(25,9-14)13-21/h1-2,6,14-15,25H,3-5,7-13H2/t14-,15+,21?,22?. The van der Waals surface area contributed by atoms with Gasteiger partial charge in [0.2, 0.25) is 0 Å². The third-order valence-corrected chi connectivity index (χ3v) is 6.90. The van der Waals surface area contributed by atoms with Gasteiger partial charge in [0.05, 0.1) is 12.0 Å². The van der Waals surface area contributed by atoms with E-state index in [1.54, 1.807) is 18.2 Å². The number of carbonyl (C=O) groups excluding carboxylic acids is 2. The highest BCUT2D eigenvalue weighted by Gasteiger charge is 2.57. The van der Waals surface area contributed by atoms with Crippen molar-refractivity contribution in [1.29, 1.82) is 0 Å². The van der Waals surface area contributed by atoms with E-state index in [-0.39, 0.29) is 23.8 Å². The summed E-state index contributed by atoms with van der Waals surface area (Å²) in [5.74, 6) is 1.63. The first-order chi connectivity index (χ1) is 13.4. The Morgan fingerprint density at radius 2 is 1.79 bits per heavy atom. The Morgan fingerprint density at radius 3 is 2.50 bits per heavy atom. The Kier molecular flexibility index (Phi) is 4.16. The second-order valence-corrected chi connectivity index (χ2v) is 9.30. The lowest BCUT2D eigenvalue weighted by molar-refractivity contribution is -0.176. The Bertz CT molecular complexity index is 801. The maximum absolute atomic E-state index is 12.5. The quantitative estimate of drug-likeness (QED) is 0.619. The van der Waals surface area contributed by atoms with Crippen LogP contribution in [0.4, 0.5) is 0 Å². The smallest absolute Gasteiger partial charge is 0.306 e. The van der Waals surface area contributed by atoms with Crippen molar-refractivity contribution < 1.29 is 28.9 Å². The molecule has 1 heterocycles. The van der Waals surface area contributed by atoms with Gasteiger partial charge in [-0.05, 0) is 74.0 Å². The molecular weight excluding hydrogens is 360 g/mol. The summed E-state index contributed by atoms with van der Waals surface area (Å²) in [5, 5.41) is 10.8. The van der Waals surface area contributed by atoms with Crippen LogP contribution in [0.25, 0.3) is 0 Å². The SMILES string of the molecule is O=C(CC12C[C@@H]3C[C@@H](CC(O)(C3)C1)C2)OCC(=O)c1ccc2c(c1)OCCO2. The third-order valence-electron chi connectivity index (χ3n) is 6.90. The van der Waals surface area contributed by atoms with E-state index in [2.05, 4.69) is 0 Å². The van der Waals surface area contributed by atoms with Crippen molar-refractivity contribution >= 4 is 11.8 Å². The number of esters is 1. The molecule has 2 unspecified atom stereocenters. The minimum absolute atomic E-state index is 0.143. The summed E-state index contributed by atoms with van der Waals surface area (Å²) in [5.41, 5.74) is -0.289. The third kappa shape index (κ3) is 3.28. The minimum atomic E-state index is -0.592. The van der Waals surface area contributed by atoms with Crippen LogP contribution in [0.5, 0.6) is 11.5 Å². The van der Waals surface area contributed by atoms with Crippen LogP contribution < -0.4 is 9.47 Å². The first kappa shape index (κ1) is 18.0. The topological polar surface area (TPSA) is 82.1 Å². The zero-order chi connectivity index (χ0) is 19.4. The molecular formula is C22H26O6. The minimum Gasteiger partial charge on any atom is -0.486 e. The summed E-state index contributed by atoms with van der Waals surface area (Å²) in [6.45, 7) is 0.679. The van der Waals surface area contributed by atoms with Crippen molar-refractivity contribution in [1.82, 2.24) is 0 Å². The second-order valence-electron chi connectivity index (χ2n) is 9.30. The van der Waals surface area contributed by atoms with Gasteiger partial charge < -0.3 is 19.3 Å². The van der Waals surface area contributed by atoms with Crippen molar-refractivity contribution in [2.45, 2.75) is 50.5 Å². The summed E-state index contributed by atoms with van der Waals surface area (Å²) in [4.78, 5) is 24.9. The van der Waals surface area contributed by atoms with Crippen LogP contribution in [-0.2, 0) is 9.53 Å². The van der Waals surface area contributed by atoms with Gasteiger partial charge in [-0.2, -0.15) is 0 Å². The van der Waals surface area contributed by atoms with Gasteiger partial charge >= 0.3 is 5.97 Å². The number of hydrogen-bond donors (Lipinski definition) is 1. The van der Waals surface area contributed by atoms with Gasteiger partial charge in [-0.3, -0.25) is 9.59 Å². The van der Waals surface area contributed by atoms with E-state index in [0.29, 0.717) is 55.0 Å². The highest BCUT2D eigenvalue weighted by molar-refractivity contribution is 5.98. The van der Waals surface area contributed by atoms with E-state index in [4.69, 9.17) is 14.2 Å². The van der Waals surface area contributed by atoms with Crippen molar-refractivity contribution in [3.8, 4) is 11.5 Å². The number of rotatable bonds is 5. The molecule has 0 amide bonds. The van der Waals surface area contributed by atoms with E-state index in [1.165, 1.54) is 6.42 Å². The van der Waals surface area contributed by atoms with Crippen molar-refractivity contribution in [2.75, 3.05) is 19.8 Å². The van der Waals surface area contributed by atoms with Gasteiger partial charge in [0.15, 0.2) is 23.9 Å². The molecule has 6 rings (SSSR count). The van der Waals surface area contributed by atoms with Crippen LogP contribution in [0.3, 0.4) is 0 Å². The predicted octanol–water partition coefficient (Wildman–Crippen LogP) is 2.91. The number of carbonyl (C=O) groups is 2. The zero-order valence-electron chi connectivity index (χ0n) is 15.9. The fraction of sp³-hybridized carbons (Fsp3) is 0.636. The van der Waals surface area contributed by atoms with Gasteiger partial charge in [-0.15, -0.1) is 0 Å². The monoisotopic (exact) mass is 386 g/mol. The molecule has 6 nitrogen and oxygen atoms in total. The number of benzene rings is 1. The first-order valence-electron chi connectivity index (χ1n) is 10.2. The van der Waals surface area contributed by atoms with Gasteiger partial charge in [0.25, 0.3) is 0 Å². The van der Waals surface area contributed by atoms with Gasteiger partial charge in [-0.1, -0.05) is 0 Å². The summed E-state index contributed by atoms with van der Waals surface area (Å²) >= 11 is 0. The molecule has 1 aromatic carbocycles. The maximum Gasteiger partial charge on any atom is 0.306 e. The van der Waals surface area contributed by atoms with Crippen molar-refractivity contribution in [2.24, 2.45) is 17.3 Å². The lowest BCUT2D eigenvalue weighted by Gasteiger charge is -2.60. The molecule has 1 aliphatic heterocycles. The molecule has 1 aromatic rings. The number of ketones is 1.